The van der Waals surface area contributed by atoms with Crippen LogP contribution >= 0.6 is 0 Å². The van der Waals surface area contributed by atoms with Gasteiger partial charge in [0.2, 0.25) is 5.91 Å². The number of carbonyl (C=O) groups excluding carboxylic acids is 3. The normalized spacial score (nSPS) is 10.8. The number of rotatable bonds is 34. The number of hydrogen-bond donors (Lipinski definition) is 7. The fourth-order valence-electron chi connectivity index (χ4n) is 4.42. The molecule has 7 N–H and O–H groups in total. The highest BCUT2D eigenvalue weighted by Crippen LogP contribution is 2.19. The Morgan fingerprint density at radius 2 is 1.04 bits per heavy atom. The third-order valence-electron chi connectivity index (χ3n) is 7.14. The lowest BCUT2D eigenvalue weighted by molar-refractivity contribution is -0.139. The molecule has 0 atom stereocenters. The van der Waals surface area contributed by atoms with Gasteiger partial charge in [0, 0.05) is 29.0 Å². The summed E-state index contributed by atoms with van der Waals surface area (Å²) in [6.07, 6.45) is 0.904. The van der Waals surface area contributed by atoms with Gasteiger partial charge in [-0.1, -0.05) is 11.5 Å². The summed E-state index contributed by atoms with van der Waals surface area (Å²) in [5, 5.41) is 47.1. The molecule has 0 fully saturated rings. The van der Waals surface area contributed by atoms with Gasteiger partial charge in [0.15, 0.2) is 0 Å². The van der Waals surface area contributed by atoms with Crippen LogP contribution in [0.2, 0.25) is 0 Å². The standard InChI is InChI=1S/C34H50N6O16/c35-40-37-9-3-1-2-4-28(41)36-10-15-56-27-17-23(33(50)38-25(19-52-11-5-29(42)43)20-53-12-6-30(44)45)16-24(18-27)34(51)39-26(21-54-13-7-31(46)47)22-55-14-8-32(48)49/h16-18,25-26H,1-15,19-22H2,(H,36,41)(H,38,50)(H,39,51)(H,42,43)(H,44,45)(H,46,47)(H,48,49). The van der Waals surface area contributed by atoms with E-state index in [1.54, 1.807) is 0 Å². The van der Waals surface area contributed by atoms with Gasteiger partial charge in [-0.05, 0) is 36.6 Å². The van der Waals surface area contributed by atoms with Gasteiger partial charge < -0.3 is 60.1 Å². The minimum Gasteiger partial charge on any atom is -0.492 e. The molecule has 0 saturated heterocycles. The van der Waals surface area contributed by atoms with E-state index in [4.69, 9.17) is 49.6 Å². The zero-order valence-corrected chi connectivity index (χ0v) is 30.9. The minimum atomic E-state index is -1.11. The third-order valence-corrected chi connectivity index (χ3v) is 7.14. The van der Waals surface area contributed by atoms with Gasteiger partial charge in [-0.3, -0.25) is 33.6 Å². The lowest BCUT2D eigenvalue weighted by Gasteiger charge is -2.21. The van der Waals surface area contributed by atoms with Crippen LogP contribution in [0.25, 0.3) is 10.4 Å². The molecule has 312 valence electrons. The molecular weight excluding hydrogens is 748 g/mol. The molecule has 0 aliphatic rings. The molecule has 0 aliphatic heterocycles. The van der Waals surface area contributed by atoms with Crippen LogP contribution < -0.4 is 20.7 Å². The van der Waals surface area contributed by atoms with Crippen LogP contribution in [-0.2, 0) is 42.9 Å². The summed E-state index contributed by atoms with van der Waals surface area (Å²) in [7, 11) is 0. The summed E-state index contributed by atoms with van der Waals surface area (Å²) in [5.74, 6) is -6.09. The van der Waals surface area contributed by atoms with E-state index in [-0.39, 0.29) is 121 Å². The molecule has 0 aliphatic carbocycles. The van der Waals surface area contributed by atoms with Crippen LogP contribution in [0.4, 0.5) is 0 Å². The molecule has 1 aromatic rings. The van der Waals surface area contributed by atoms with Gasteiger partial charge in [0.25, 0.3) is 11.8 Å². The quantitative estimate of drug-likeness (QED) is 0.0223. The second-order valence-corrected chi connectivity index (χ2v) is 11.9. The summed E-state index contributed by atoms with van der Waals surface area (Å²) in [5.41, 5.74) is 8.18. The molecule has 22 heteroatoms. The molecule has 0 spiro atoms. The molecule has 0 heterocycles. The zero-order chi connectivity index (χ0) is 41.6. The van der Waals surface area contributed by atoms with Crippen LogP contribution in [0.15, 0.2) is 23.3 Å². The second kappa shape index (κ2) is 29.8. The van der Waals surface area contributed by atoms with Crippen LogP contribution in [-0.4, -0.2) is 147 Å². The SMILES string of the molecule is [N-]=[N+]=NCCCCCC(=O)NCCOc1cc(C(=O)NC(COCCC(=O)O)COCCC(=O)O)cc(C(=O)NC(COCCC(=O)O)COCCC(=O)O)c1. The fraction of sp³-hybridized carbons (Fsp3) is 0.618. The Labute approximate surface area is 321 Å². The lowest BCUT2D eigenvalue weighted by Crippen LogP contribution is -2.43. The van der Waals surface area contributed by atoms with E-state index >= 15 is 0 Å². The van der Waals surface area contributed by atoms with E-state index in [0.717, 1.165) is 0 Å². The van der Waals surface area contributed by atoms with E-state index in [2.05, 4.69) is 26.0 Å². The van der Waals surface area contributed by atoms with E-state index in [1.165, 1.54) is 18.2 Å². The van der Waals surface area contributed by atoms with E-state index in [0.29, 0.717) is 25.8 Å². The number of hydrogen-bond acceptors (Lipinski definition) is 13. The summed E-state index contributed by atoms with van der Waals surface area (Å²) in [6.45, 7) is -1.18. The third kappa shape index (κ3) is 25.5. The molecule has 1 rings (SSSR count). The number of azide groups is 1. The van der Waals surface area contributed by atoms with Gasteiger partial charge in [-0.15, -0.1) is 0 Å². The molecule has 0 bridgehead atoms. The monoisotopic (exact) mass is 798 g/mol. The van der Waals surface area contributed by atoms with Crippen LogP contribution in [0, 0.1) is 0 Å². The van der Waals surface area contributed by atoms with E-state index in [1.807, 2.05) is 0 Å². The lowest BCUT2D eigenvalue weighted by atomic mass is 10.1. The zero-order valence-electron chi connectivity index (χ0n) is 30.9. The van der Waals surface area contributed by atoms with Crippen molar-refractivity contribution in [1.29, 1.82) is 0 Å². The minimum absolute atomic E-state index is 0.0500. The summed E-state index contributed by atoms with van der Waals surface area (Å²) in [4.78, 5) is 85.6. The number of carbonyl (C=O) groups is 7. The number of carboxylic acids is 4. The van der Waals surface area contributed by atoms with E-state index < -0.39 is 47.8 Å². The highest BCUT2D eigenvalue weighted by molar-refractivity contribution is 6.00. The smallest absolute Gasteiger partial charge is 0.305 e. The second-order valence-electron chi connectivity index (χ2n) is 11.9. The highest BCUT2D eigenvalue weighted by atomic mass is 16.5. The highest BCUT2D eigenvalue weighted by Gasteiger charge is 2.21. The number of nitrogens with zero attached hydrogens (tertiary/aromatic N) is 3. The molecule has 0 aromatic heterocycles. The number of unbranched alkanes of at least 4 members (excludes halogenated alkanes) is 2. The molecule has 56 heavy (non-hydrogen) atoms. The number of nitrogens with one attached hydrogen (secondary N) is 3. The molecule has 22 nitrogen and oxygen atoms in total. The van der Waals surface area contributed by atoms with Gasteiger partial charge in [-0.25, -0.2) is 0 Å². The van der Waals surface area contributed by atoms with Crippen molar-refractivity contribution in [2.45, 2.75) is 63.5 Å². The predicted octanol–water partition coefficient (Wildman–Crippen LogP) is 1.21. The topological polar surface area (TPSA) is 331 Å². The molecular formula is C34H50N6O16. The van der Waals surface area contributed by atoms with Gasteiger partial charge >= 0.3 is 23.9 Å². The Morgan fingerprint density at radius 1 is 0.607 bits per heavy atom. The number of benzene rings is 1. The van der Waals surface area contributed by atoms with Crippen LogP contribution in [0.3, 0.4) is 0 Å². The van der Waals surface area contributed by atoms with Crippen molar-refractivity contribution < 1.29 is 77.7 Å². The fourth-order valence-corrected chi connectivity index (χ4v) is 4.42. The molecule has 0 radical (unpaired) electrons. The Balaban J connectivity index is 3.19. The van der Waals surface area contributed by atoms with Gasteiger partial charge in [0.05, 0.1) is 97.2 Å². The average Bonchev–Trinajstić information content (AvgIpc) is 3.14. The van der Waals surface area contributed by atoms with Crippen molar-refractivity contribution in [3.8, 4) is 5.75 Å². The Bertz CT molecular complexity index is 1350. The maximum absolute atomic E-state index is 13.5. The van der Waals surface area contributed by atoms with Crippen molar-refractivity contribution in [2.24, 2.45) is 5.11 Å². The molecule has 1 aromatic carbocycles. The number of aliphatic carboxylic acids is 4. The first-order valence-corrected chi connectivity index (χ1v) is 17.7. The van der Waals surface area contributed by atoms with Crippen molar-refractivity contribution in [2.75, 3.05) is 72.6 Å². The predicted molar refractivity (Wildman–Crippen MR) is 192 cm³/mol. The maximum atomic E-state index is 13.5. The molecule has 0 saturated carbocycles. The number of ether oxygens (including phenoxy) is 5. The van der Waals surface area contributed by atoms with Crippen molar-refractivity contribution >= 4 is 41.6 Å². The largest absolute Gasteiger partial charge is 0.492 e. The summed E-state index contributed by atoms with van der Waals surface area (Å²) in [6, 6.07) is 2.13. The van der Waals surface area contributed by atoms with Crippen LogP contribution in [0.1, 0.15) is 72.1 Å². The average molecular weight is 799 g/mol. The van der Waals surface area contributed by atoms with Gasteiger partial charge in [-0.2, -0.15) is 0 Å². The maximum Gasteiger partial charge on any atom is 0.305 e. The van der Waals surface area contributed by atoms with Crippen molar-refractivity contribution in [3.63, 3.8) is 0 Å². The van der Waals surface area contributed by atoms with Gasteiger partial charge in [0.1, 0.15) is 12.4 Å². The Kier molecular flexibility index (Phi) is 25.8. The van der Waals surface area contributed by atoms with Crippen molar-refractivity contribution in [1.82, 2.24) is 16.0 Å². The first kappa shape index (κ1) is 48.5. The molecule has 0 unspecified atom stereocenters. The Hall–Kier alpha value is -5.54. The van der Waals surface area contributed by atoms with E-state index in [9.17, 15) is 33.6 Å². The Morgan fingerprint density at radius 3 is 1.43 bits per heavy atom. The summed E-state index contributed by atoms with van der Waals surface area (Å²) < 4.78 is 27.3. The van der Waals surface area contributed by atoms with Crippen LogP contribution in [0.5, 0.6) is 5.75 Å². The number of amides is 3. The first-order valence-electron chi connectivity index (χ1n) is 17.7. The summed E-state index contributed by atoms with van der Waals surface area (Å²) >= 11 is 0. The number of carboxylic acid groups (broad SMARTS) is 4. The first-order chi connectivity index (χ1) is 26.8. The molecule has 3 amide bonds. The van der Waals surface area contributed by atoms with Crippen molar-refractivity contribution in [3.05, 3.63) is 39.8 Å².